The Hall–Kier alpha value is -3.92. The van der Waals surface area contributed by atoms with Gasteiger partial charge in [-0.25, -0.2) is 9.37 Å². The molecule has 0 atom stereocenters. The van der Waals surface area contributed by atoms with E-state index in [1.165, 1.54) is 23.7 Å². The van der Waals surface area contributed by atoms with Gasteiger partial charge < -0.3 is 24.1 Å². The SMILES string of the molecule is COc1ccc(CCNC(=O)CCN(Cc2ccco2)c2nc(Cc3ccc(F)cc3)ns2)cc1OC. The predicted molar refractivity (Wildman–Crippen MR) is 140 cm³/mol. The van der Waals surface area contributed by atoms with E-state index in [-0.39, 0.29) is 11.7 Å². The maximum atomic E-state index is 13.2. The number of methoxy groups -OCH3 is 2. The van der Waals surface area contributed by atoms with Crippen LogP contribution in [0.15, 0.2) is 65.3 Å². The van der Waals surface area contributed by atoms with Gasteiger partial charge in [0.1, 0.15) is 17.4 Å². The van der Waals surface area contributed by atoms with Crippen molar-refractivity contribution < 1.29 is 23.1 Å². The molecule has 10 heteroatoms. The first kappa shape index (κ1) is 26.2. The van der Waals surface area contributed by atoms with Crippen molar-refractivity contribution in [3.05, 3.63) is 89.4 Å². The lowest BCUT2D eigenvalue weighted by Gasteiger charge is -2.20. The minimum atomic E-state index is -0.276. The summed E-state index contributed by atoms with van der Waals surface area (Å²) in [6, 6.07) is 15.7. The maximum absolute atomic E-state index is 13.2. The van der Waals surface area contributed by atoms with E-state index in [1.54, 1.807) is 32.6 Å². The van der Waals surface area contributed by atoms with Gasteiger partial charge in [0.05, 0.1) is 27.0 Å². The van der Waals surface area contributed by atoms with Crippen molar-refractivity contribution in [2.75, 3.05) is 32.2 Å². The molecular formula is C27H29FN4O4S. The summed E-state index contributed by atoms with van der Waals surface area (Å²) in [6.07, 6.45) is 3.08. The molecule has 1 N–H and O–H groups in total. The Labute approximate surface area is 219 Å². The third kappa shape index (κ3) is 7.53. The first-order valence-electron chi connectivity index (χ1n) is 11.9. The summed E-state index contributed by atoms with van der Waals surface area (Å²) in [7, 11) is 3.20. The van der Waals surface area contributed by atoms with Gasteiger partial charge in [-0.2, -0.15) is 4.37 Å². The van der Waals surface area contributed by atoms with Crippen LogP contribution in [0.5, 0.6) is 11.5 Å². The zero-order chi connectivity index (χ0) is 26.0. The topological polar surface area (TPSA) is 89.7 Å². The molecule has 0 saturated heterocycles. The summed E-state index contributed by atoms with van der Waals surface area (Å²) < 4.78 is 33.8. The van der Waals surface area contributed by atoms with E-state index in [4.69, 9.17) is 13.9 Å². The highest BCUT2D eigenvalue weighted by Gasteiger charge is 2.16. The Morgan fingerprint density at radius 3 is 2.59 bits per heavy atom. The Kier molecular flexibility index (Phi) is 9.09. The van der Waals surface area contributed by atoms with Gasteiger partial charge in [-0.05, 0) is 53.9 Å². The molecule has 2 heterocycles. The summed E-state index contributed by atoms with van der Waals surface area (Å²) in [5.41, 5.74) is 1.97. The van der Waals surface area contributed by atoms with E-state index in [2.05, 4.69) is 14.7 Å². The second-order valence-electron chi connectivity index (χ2n) is 8.34. The normalized spacial score (nSPS) is 10.8. The lowest BCUT2D eigenvalue weighted by atomic mass is 10.1. The van der Waals surface area contributed by atoms with Gasteiger partial charge in [0.25, 0.3) is 0 Å². The molecule has 4 rings (SSSR count). The molecule has 194 valence electrons. The van der Waals surface area contributed by atoms with Crippen LogP contribution in [-0.2, 0) is 24.2 Å². The van der Waals surface area contributed by atoms with Crippen molar-refractivity contribution in [3.8, 4) is 11.5 Å². The number of hydrogen-bond donors (Lipinski definition) is 1. The highest BCUT2D eigenvalue weighted by atomic mass is 32.1. The first-order chi connectivity index (χ1) is 18.0. The van der Waals surface area contributed by atoms with Crippen LogP contribution in [0.3, 0.4) is 0 Å². The van der Waals surface area contributed by atoms with E-state index < -0.39 is 0 Å². The smallest absolute Gasteiger partial charge is 0.221 e. The Bertz CT molecular complexity index is 1280. The number of amides is 1. The highest BCUT2D eigenvalue weighted by molar-refractivity contribution is 7.09. The number of rotatable bonds is 13. The van der Waals surface area contributed by atoms with Crippen LogP contribution in [0.1, 0.15) is 29.1 Å². The van der Waals surface area contributed by atoms with E-state index >= 15 is 0 Å². The second kappa shape index (κ2) is 12.9. The van der Waals surface area contributed by atoms with Crippen LogP contribution in [0.4, 0.5) is 9.52 Å². The van der Waals surface area contributed by atoms with Gasteiger partial charge in [-0.1, -0.05) is 18.2 Å². The van der Waals surface area contributed by atoms with Gasteiger partial charge in [0.15, 0.2) is 11.5 Å². The van der Waals surface area contributed by atoms with Crippen LogP contribution in [-0.4, -0.2) is 42.6 Å². The molecule has 0 aliphatic rings. The fraction of sp³-hybridized carbons (Fsp3) is 0.296. The molecule has 2 aromatic carbocycles. The van der Waals surface area contributed by atoms with E-state index in [0.29, 0.717) is 61.4 Å². The molecule has 2 aromatic heterocycles. The number of nitrogens with one attached hydrogen (secondary N) is 1. The molecule has 37 heavy (non-hydrogen) atoms. The first-order valence-corrected chi connectivity index (χ1v) is 12.6. The van der Waals surface area contributed by atoms with Crippen molar-refractivity contribution in [3.63, 3.8) is 0 Å². The summed E-state index contributed by atoms with van der Waals surface area (Å²) in [6.45, 7) is 1.43. The molecule has 0 aliphatic heterocycles. The maximum Gasteiger partial charge on any atom is 0.221 e. The van der Waals surface area contributed by atoms with E-state index in [0.717, 1.165) is 16.9 Å². The van der Waals surface area contributed by atoms with Crippen LogP contribution < -0.4 is 19.7 Å². The number of carbonyl (C=O) groups is 1. The van der Waals surface area contributed by atoms with Gasteiger partial charge in [0.2, 0.25) is 11.0 Å². The number of ether oxygens (including phenoxy) is 2. The summed E-state index contributed by atoms with van der Waals surface area (Å²) >= 11 is 1.27. The van der Waals surface area contributed by atoms with Gasteiger partial charge >= 0.3 is 0 Å². The number of hydrogen-bond acceptors (Lipinski definition) is 8. The number of nitrogens with zero attached hydrogens (tertiary/aromatic N) is 3. The number of aromatic nitrogens is 2. The summed E-state index contributed by atoms with van der Waals surface area (Å²) in [5.74, 6) is 2.42. The molecular weight excluding hydrogens is 495 g/mol. The predicted octanol–water partition coefficient (Wildman–Crippen LogP) is 4.63. The van der Waals surface area contributed by atoms with Crippen molar-refractivity contribution in [2.45, 2.75) is 25.8 Å². The van der Waals surface area contributed by atoms with Crippen LogP contribution >= 0.6 is 11.5 Å². The molecule has 4 aromatic rings. The molecule has 0 saturated carbocycles. The van der Waals surface area contributed by atoms with Gasteiger partial charge in [0, 0.05) is 37.5 Å². The van der Waals surface area contributed by atoms with Gasteiger partial charge in [-0.15, -0.1) is 0 Å². The monoisotopic (exact) mass is 524 g/mol. The average Bonchev–Trinajstić information content (AvgIpc) is 3.60. The number of furan rings is 1. The van der Waals surface area contributed by atoms with Crippen LogP contribution in [0.2, 0.25) is 0 Å². The standard InChI is InChI=1S/C27H29FN4O4S/c1-34-23-10-7-20(16-24(23)35-2)11-13-29-26(33)12-14-32(18-22-4-3-15-36-22)27-30-25(31-37-27)17-19-5-8-21(28)9-6-19/h3-10,15-16H,11-14,17-18H2,1-2H3,(H,29,33). The third-order valence-electron chi connectivity index (χ3n) is 5.72. The van der Waals surface area contributed by atoms with Crippen LogP contribution in [0, 0.1) is 5.82 Å². The molecule has 0 bridgehead atoms. The molecule has 0 spiro atoms. The molecule has 0 aliphatic carbocycles. The number of anilines is 1. The van der Waals surface area contributed by atoms with E-state index in [9.17, 15) is 9.18 Å². The lowest BCUT2D eigenvalue weighted by Crippen LogP contribution is -2.31. The Balaban J connectivity index is 1.32. The van der Waals surface area contributed by atoms with Crippen molar-refractivity contribution in [2.24, 2.45) is 0 Å². The zero-order valence-electron chi connectivity index (χ0n) is 20.8. The number of carbonyl (C=O) groups excluding carboxylic acids is 1. The lowest BCUT2D eigenvalue weighted by molar-refractivity contribution is -0.120. The van der Waals surface area contributed by atoms with Crippen molar-refractivity contribution in [1.82, 2.24) is 14.7 Å². The minimum absolute atomic E-state index is 0.0547. The fourth-order valence-electron chi connectivity index (χ4n) is 3.77. The van der Waals surface area contributed by atoms with Crippen molar-refractivity contribution in [1.29, 1.82) is 0 Å². The summed E-state index contributed by atoms with van der Waals surface area (Å²) in [4.78, 5) is 19.2. The zero-order valence-corrected chi connectivity index (χ0v) is 21.6. The van der Waals surface area contributed by atoms with Crippen molar-refractivity contribution >= 4 is 22.6 Å². The largest absolute Gasteiger partial charge is 0.493 e. The van der Waals surface area contributed by atoms with Gasteiger partial charge in [-0.3, -0.25) is 4.79 Å². The number of benzene rings is 2. The van der Waals surface area contributed by atoms with Crippen LogP contribution in [0.25, 0.3) is 0 Å². The Morgan fingerprint density at radius 1 is 1.08 bits per heavy atom. The fourth-order valence-corrected chi connectivity index (χ4v) is 4.48. The Morgan fingerprint density at radius 2 is 1.86 bits per heavy atom. The third-order valence-corrected chi connectivity index (χ3v) is 6.54. The molecule has 8 nitrogen and oxygen atoms in total. The molecule has 0 unspecified atom stereocenters. The number of halogens is 1. The highest BCUT2D eigenvalue weighted by Crippen LogP contribution is 2.27. The minimum Gasteiger partial charge on any atom is -0.493 e. The second-order valence-corrected chi connectivity index (χ2v) is 9.07. The average molecular weight is 525 g/mol. The summed E-state index contributed by atoms with van der Waals surface area (Å²) in [5, 5.41) is 3.68. The molecule has 0 fully saturated rings. The quantitative estimate of drug-likeness (QED) is 0.273. The van der Waals surface area contributed by atoms with E-state index in [1.807, 2.05) is 35.2 Å². The molecule has 1 amide bonds. The molecule has 0 radical (unpaired) electrons.